The highest BCUT2D eigenvalue weighted by Gasteiger charge is 2.36. The van der Waals surface area contributed by atoms with Gasteiger partial charge >= 0.3 is 0 Å². The smallest absolute Gasteiger partial charge is 0.257 e. The first-order chi connectivity index (χ1) is 13.2. The topological polar surface area (TPSA) is 45.6 Å². The number of amides is 2. The number of piperazine rings is 1. The number of thiophene rings is 1. The third kappa shape index (κ3) is 3.10. The summed E-state index contributed by atoms with van der Waals surface area (Å²) in [6.45, 7) is 2.64. The number of rotatable bonds is 3. The molecule has 2 amide bonds. The Morgan fingerprint density at radius 2 is 1.59 bits per heavy atom. The number of hydrogen-bond acceptors (Lipinski definition) is 3. The van der Waals surface area contributed by atoms with Gasteiger partial charge < -0.3 is 14.4 Å². The molecule has 142 valence electrons. The van der Waals surface area contributed by atoms with Crippen LogP contribution in [0.15, 0.2) is 24.5 Å². The maximum atomic E-state index is 13.5. The van der Waals surface area contributed by atoms with Gasteiger partial charge in [-0.2, -0.15) is 0 Å². The quantitative estimate of drug-likeness (QED) is 0.818. The lowest BCUT2D eigenvalue weighted by Gasteiger charge is -2.35. The lowest BCUT2D eigenvalue weighted by molar-refractivity contribution is -0.134. The zero-order chi connectivity index (χ0) is 18.4. The van der Waals surface area contributed by atoms with Crippen LogP contribution in [0.5, 0.6) is 0 Å². The maximum Gasteiger partial charge on any atom is 0.257 e. The molecule has 2 aliphatic carbocycles. The fraction of sp³-hybridized carbons (Fsp3) is 0.524. The van der Waals surface area contributed by atoms with Crippen molar-refractivity contribution in [3.63, 3.8) is 0 Å². The second kappa shape index (κ2) is 6.82. The number of fused-ring (bicyclic) bond motifs is 1. The highest BCUT2D eigenvalue weighted by molar-refractivity contribution is 7.15. The Balaban J connectivity index is 1.40. The first-order valence-corrected chi connectivity index (χ1v) is 10.9. The van der Waals surface area contributed by atoms with Gasteiger partial charge in [0.05, 0.1) is 5.56 Å². The Hall–Kier alpha value is -2.08. The van der Waals surface area contributed by atoms with Crippen molar-refractivity contribution in [1.29, 1.82) is 0 Å². The summed E-state index contributed by atoms with van der Waals surface area (Å²) in [6, 6.07) is 4.02. The predicted molar refractivity (Wildman–Crippen MR) is 105 cm³/mol. The normalized spacial score (nSPS) is 19.9. The van der Waals surface area contributed by atoms with Gasteiger partial charge in [-0.15, -0.1) is 11.3 Å². The lowest BCUT2D eigenvalue weighted by Crippen LogP contribution is -2.51. The van der Waals surface area contributed by atoms with Crippen LogP contribution in [0.25, 0.3) is 5.00 Å². The molecule has 6 heteroatoms. The van der Waals surface area contributed by atoms with Gasteiger partial charge in [-0.1, -0.05) is 0 Å². The number of hydrogen-bond donors (Lipinski definition) is 0. The SMILES string of the molecule is O=C(c1c(-n2cccc2)sc2c1CCCC2)N1CCN(C(=O)C2CC2)CC1. The fourth-order valence-corrected chi connectivity index (χ4v) is 5.65. The summed E-state index contributed by atoms with van der Waals surface area (Å²) in [5.74, 6) is 0.705. The van der Waals surface area contributed by atoms with Gasteiger partial charge in [0.15, 0.2) is 0 Å². The molecule has 5 rings (SSSR count). The molecule has 0 radical (unpaired) electrons. The summed E-state index contributed by atoms with van der Waals surface area (Å²) in [4.78, 5) is 31.1. The van der Waals surface area contributed by atoms with Gasteiger partial charge in [-0.25, -0.2) is 0 Å². The van der Waals surface area contributed by atoms with Gasteiger partial charge in [0.25, 0.3) is 5.91 Å². The molecule has 0 atom stereocenters. The molecule has 3 heterocycles. The summed E-state index contributed by atoms with van der Waals surface area (Å²) in [5, 5.41) is 1.06. The number of carbonyl (C=O) groups is 2. The van der Waals surface area contributed by atoms with E-state index in [9.17, 15) is 9.59 Å². The number of carbonyl (C=O) groups excluding carboxylic acids is 2. The molecular formula is C21H25N3O2S. The molecule has 0 bridgehead atoms. The van der Waals surface area contributed by atoms with E-state index in [0.717, 1.165) is 36.2 Å². The number of aryl methyl sites for hydroxylation is 1. The van der Waals surface area contributed by atoms with E-state index in [1.54, 1.807) is 11.3 Å². The third-order valence-electron chi connectivity index (χ3n) is 6.01. The first kappa shape index (κ1) is 17.0. The second-order valence-electron chi connectivity index (χ2n) is 7.87. The van der Waals surface area contributed by atoms with Crippen LogP contribution in [0, 0.1) is 5.92 Å². The van der Waals surface area contributed by atoms with E-state index in [2.05, 4.69) is 4.57 Å². The molecule has 2 aromatic heterocycles. The van der Waals surface area contributed by atoms with Crippen molar-refractivity contribution in [2.75, 3.05) is 26.2 Å². The highest BCUT2D eigenvalue weighted by atomic mass is 32.1. The van der Waals surface area contributed by atoms with E-state index in [1.165, 1.54) is 23.3 Å². The van der Waals surface area contributed by atoms with Gasteiger partial charge in [-0.05, 0) is 56.2 Å². The molecule has 1 aliphatic heterocycles. The van der Waals surface area contributed by atoms with Crippen LogP contribution in [0.2, 0.25) is 0 Å². The minimum Gasteiger partial charge on any atom is -0.339 e. The summed E-state index contributed by atoms with van der Waals surface area (Å²) >= 11 is 1.78. The molecular weight excluding hydrogens is 358 g/mol. The van der Waals surface area contributed by atoms with Gasteiger partial charge in [-0.3, -0.25) is 9.59 Å². The molecule has 0 unspecified atom stereocenters. The summed E-state index contributed by atoms with van der Waals surface area (Å²) < 4.78 is 2.09. The Labute approximate surface area is 163 Å². The van der Waals surface area contributed by atoms with E-state index >= 15 is 0 Å². The van der Waals surface area contributed by atoms with Gasteiger partial charge in [0, 0.05) is 49.4 Å². The van der Waals surface area contributed by atoms with Crippen LogP contribution < -0.4 is 0 Å². The van der Waals surface area contributed by atoms with E-state index in [1.807, 2.05) is 34.3 Å². The molecule has 0 spiro atoms. The molecule has 27 heavy (non-hydrogen) atoms. The van der Waals surface area contributed by atoms with Crippen molar-refractivity contribution in [2.45, 2.75) is 38.5 Å². The summed E-state index contributed by atoms with van der Waals surface area (Å²) in [7, 11) is 0. The average molecular weight is 384 g/mol. The van der Waals surface area contributed by atoms with Crippen LogP contribution in [0.3, 0.4) is 0 Å². The van der Waals surface area contributed by atoms with Gasteiger partial charge in [0.1, 0.15) is 5.00 Å². The van der Waals surface area contributed by atoms with Gasteiger partial charge in [0.2, 0.25) is 5.91 Å². The van der Waals surface area contributed by atoms with E-state index < -0.39 is 0 Å². The Morgan fingerprint density at radius 3 is 2.30 bits per heavy atom. The number of nitrogens with zero attached hydrogens (tertiary/aromatic N) is 3. The second-order valence-corrected chi connectivity index (χ2v) is 8.96. The Kier molecular flexibility index (Phi) is 4.31. The van der Waals surface area contributed by atoms with Crippen LogP contribution in [-0.2, 0) is 17.6 Å². The van der Waals surface area contributed by atoms with E-state index in [-0.39, 0.29) is 11.8 Å². The summed E-state index contributed by atoms with van der Waals surface area (Å²) in [6.07, 6.45) is 10.6. The zero-order valence-corrected chi connectivity index (χ0v) is 16.3. The Morgan fingerprint density at radius 1 is 0.926 bits per heavy atom. The summed E-state index contributed by atoms with van der Waals surface area (Å²) in [5.41, 5.74) is 2.18. The van der Waals surface area contributed by atoms with Crippen LogP contribution in [0.4, 0.5) is 0 Å². The lowest BCUT2D eigenvalue weighted by atomic mass is 9.95. The largest absolute Gasteiger partial charge is 0.339 e. The standard InChI is InChI=1S/C21H25N3O2S/c25-19(15-7-8-15)22-11-13-23(14-12-22)20(26)18-16-5-1-2-6-17(16)27-21(18)24-9-3-4-10-24/h3-4,9-10,15H,1-2,5-8,11-14H2. The molecule has 0 aromatic carbocycles. The van der Waals surface area contributed by atoms with Crippen molar-refractivity contribution in [2.24, 2.45) is 5.92 Å². The van der Waals surface area contributed by atoms with Crippen LogP contribution in [0.1, 0.15) is 46.5 Å². The average Bonchev–Trinajstić information content (AvgIpc) is 3.27. The molecule has 5 nitrogen and oxygen atoms in total. The minimum absolute atomic E-state index is 0.150. The van der Waals surface area contributed by atoms with Crippen molar-refractivity contribution in [3.05, 3.63) is 40.5 Å². The maximum absolute atomic E-state index is 13.5. The van der Waals surface area contributed by atoms with E-state index in [4.69, 9.17) is 0 Å². The molecule has 3 aliphatic rings. The van der Waals surface area contributed by atoms with Crippen LogP contribution in [-0.4, -0.2) is 52.4 Å². The third-order valence-corrected chi connectivity index (χ3v) is 7.32. The highest BCUT2D eigenvalue weighted by Crippen LogP contribution is 2.38. The molecule has 0 N–H and O–H groups in total. The van der Waals surface area contributed by atoms with Crippen LogP contribution >= 0.6 is 11.3 Å². The molecule has 1 saturated carbocycles. The van der Waals surface area contributed by atoms with Crippen molar-refractivity contribution in [3.8, 4) is 5.00 Å². The first-order valence-electron chi connectivity index (χ1n) is 10.1. The van der Waals surface area contributed by atoms with Crippen molar-refractivity contribution >= 4 is 23.2 Å². The predicted octanol–water partition coefficient (Wildman–Crippen LogP) is 3.11. The zero-order valence-electron chi connectivity index (χ0n) is 15.5. The molecule has 1 saturated heterocycles. The van der Waals surface area contributed by atoms with Crippen molar-refractivity contribution < 1.29 is 9.59 Å². The number of aromatic nitrogens is 1. The molecule has 2 fully saturated rings. The monoisotopic (exact) mass is 383 g/mol. The molecule has 2 aromatic rings. The van der Waals surface area contributed by atoms with E-state index in [0.29, 0.717) is 32.1 Å². The van der Waals surface area contributed by atoms with Crippen molar-refractivity contribution in [1.82, 2.24) is 14.4 Å². The Bertz CT molecular complexity index is 858. The minimum atomic E-state index is 0.150. The fourth-order valence-electron chi connectivity index (χ4n) is 4.30.